The predicted octanol–water partition coefficient (Wildman–Crippen LogP) is 2.30. The molecule has 0 aliphatic carbocycles. The van der Waals surface area contributed by atoms with Crippen molar-refractivity contribution in [2.75, 3.05) is 0 Å². The van der Waals surface area contributed by atoms with Crippen molar-refractivity contribution < 1.29 is 18.4 Å². The van der Waals surface area contributed by atoms with Gasteiger partial charge in [0.25, 0.3) is 5.91 Å². The first-order valence-electron chi connectivity index (χ1n) is 9.46. The summed E-state index contributed by atoms with van der Waals surface area (Å²) in [7, 11) is 0. The smallest absolute Gasteiger partial charge is 0.330 e. The fourth-order valence-electron chi connectivity index (χ4n) is 3.35. The molecule has 1 amide bonds. The maximum absolute atomic E-state index is 13.2. The standard InChI is InChI=1S/C21H18FN5O4/c1-3-26-20-17(16(18(23)29)24-19(25-20)15-9-4-11(2)31-15)27(21(26)30)10-14(28)12-5-7-13(22)8-6-12/h4-9H,3,10H2,1-2H3,(H2,23,29). The Hall–Kier alpha value is -4.08. The molecule has 9 nitrogen and oxygen atoms in total. The highest BCUT2D eigenvalue weighted by Crippen LogP contribution is 2.23. The van der Waals surface area contributed by atoms with Crippen LogP contribution in [0.5, 0.6) is 0 Å². The van der Waals surface area contributed by atoms with Crippen LogP contribution in [0.3, 0.4) is 0 Å². The summed E-state index contributed by atoms with van der Waals surface area (Å²) < 4.78 is 21.1. The molecule has 0 aliphatic heterocycles. The topological polar surface area (TPSA) is 126 Å². The van der Waals surface area contributed by atoms with E-state index in [-0.39, 0.29) is 34.8 Å². The molecule has 2 N–H and O–H groups in total. The second-order valence-electron chi connectivity index (χ2n) is 6.89. The maximum Gasteiger partial charge on any atom is 0.330 e. The molecule has 0 saturated carbocycles. The van der Waals surface area contributed by atoms with E-state index in [1.165, 1.54) is 16.7 Å². The molecular weight excluding hydrogens is 405 g/mol. The number of hydrogen-bond donors (Lipinski definition) is 1. The van der Waals surface area contributed by atoms with Crippen LogP contribution in [0.15, 0.2) is 45.6 Å². The second-order valence-corrected chi connectivity index (χ2v) is 6.89. The van der Waals surface area contributed by atoms with Gasteiger partial charge in [-0.05, 0) is 50.2 Å². The first kappa shape index (κ1) is 20.2. The van der Waals surface area contributed by atoms with E-state index in [2.05, 4.69) is 9.97 Å². The molecule has 0 bridgehead atoms. The van der Waals surface area contributed by atoms with Gasteiger partial charge in [0.1, 0.15) is 17.1 Å². The number of nitrogens with two attached hydrogens (primary N) is 1. The highest BCUT2D eigenvalue weighted by atomic mass is 19.1. The summed E-state index contributed by atoms with van der Waals surface area (Å²) in [6, 6.07) is 8.31. The fraction of sp³-hybridized carbons (Fsp3) is 0.190. The monoisotopic (exact) mass is 423 g/mol. The third-order valence-electron chi connectivity index (χ3n) is 4.83. The van der Waals surface area contributed by atoms with E-state index >= 15 is 0 Å². The van der Waals surface area contributed by atoms with Crippen LogP contribution in [-0.2, 0) is 13.1 Å². The number of hydrogen-bond acceptors (Lipinski definition) is 6. The Morgan fingerprint density at radius 2 is 1.81 bits per heavy atom. The van der Waals surface area contributed by atoms with Crippen LogP contribution in [0.25, 0.3) is 22.7 Å². The summed E-state index contributed by atoms with van der Waals surface area (Å²) in [6.07, 6.45) is 0. The number of rotatable bonds is 6. The molecule has 0 aliphatic rings. The Morgan fingerprint density at radius 3 is 2.39 bits per heavy atom. The average Bonchev–Trinajstić information content (AvgIpc) is 3.29. The number of halogens is 1. The van der Waals surface area contributed by atoms with Crippen molar-refractivity contribution in [3.8, 4) is 11.6 Å². The summed E-state index contributed by atoms with van der Waals surface area (Å²) >= 11 is 0. The third-order valence-corrected chi connectivity index (χ3v) is 4.83. The van der Waals surface area contributed by atoms with Crippen molar-refractivity contribution in [1.29, 1.82) is 0 Å². The van der Waals surface area contributed by atoms with Gasteiger partial charge in [-0.2, -0.15) is 0 Å². The van der Waals surface area contributed by atoms with Gasteiger partial charge in [0.15, 0.2) is 28.7 Å². The summed E-state index contributed by atoms with van der Waals surface area (Å²) in [4.78, 5) is 46.6. The normalized spacial score (nSPS) is 11.2. The molecule has 158 valence electrons. The molecule has 0 spiro atoms. The molecule has 0 saturated heterocycles. The van der Waals surface area contributed by atoms with Gasteiger partial charge in [-0.25, -0.2) is 19.2 Å². The van der Waals surface area contributed by atoms with Crippen molar-refractivity contribution in [3.63, 3.8) is 0 Å². The largest absolute Gasteiger partial charge is 0.458 e. The highest BCUT2D eigenvalue weighted by Gasteiger charge is 2.25. The van der Waals surface area contributed by atoms with Crippen LogP contribution in [-0.4, -0.2) is 30.8 Å². The van der Waals surface area contributed by atoms with E-state index in [1.54, 1.807) is 26.0 Å². The van der Waals surface area contributed by atoms with Gasteiger partial charge in [0.05, 0.1) is 6.54 Å². The van der Waals surface area contributed by atoms with Crippen molar-refractivity contribution in [2.24, 2.45) is 5.73 Å². The number of primary amides is 1. The van der Waals surface area contributed by atoms with Gasteiger partial charge in [-0.3, -0.25) is 18.7 Å². The zero-order chi connectivity index (χ0) is 22.3. The van der Waals surface area contributed by atoms with Crippen LogP contribution < -0.4 is 11.4 Å². The van der Waals surface area contributed by atoms with Gasteiger partial charge < -0.3 is 10.2 Å². The van der Waals surface area contributed by atoms with Crippen molar-refractivity contribution in [1.82, 2.24) is 19.1 Å². The molecule has 0 atom stereocenters. The number of furan rings is 1. The van der Waals surface area contributed by atoms with Crippen LogP contribution in [0, 0.1) is 12.7 Å². The molecule has 1 aromatic carbocycles. The number of Topliss-reactive ketones (excluding diaryl/α,β-unsaturated/α-hetero) is 1. The summed E-state index contributed by atoms with van der Waals surface area (Å²) in [5.41, 5.74) is 5.24. The minimum atomic E-state index is -0.881. The lowest BCUT2D eigenvalue weighted by Gasteiger charge is -2.06. The molecule has 4 aromatic rings. The van der Waals surface area contributed by atoms with Crippen molar-refractivity contribution >= 4 is 22.9 Å². The number of benzene rings is 1. The van der Waals surface area contributed by atoms with E-state index in [9.17, 15) is 18.8 Å². The van der Waals surface area contributed by atoms with E-state index in [0.717, 1.165) is 16.7 Å². The average molecular weight is 423 g/mol. The molecule has 0 fully saturated rings. The van der Waals surface area contributed by atoms with Crippen LogP contribution in [0.1, 0.15) is 33.5 Å². The minimum absolute atomic E-state index is 0.0573. The molecule has 0 radical (unpaired) electrons. The van der Waals surface area contributed by atoms with Gasteiger partial charge in [-0.15, -0.1) is 0 Å². The second kappa shape index (κ2) is 7.63. The molecule has 3 aromatic heterocycles. The van der Waals surface area contributed by atoms with Crippen LogP contribution in [0.4, 0.5) is 4.39 Å². The van der Waals surface area contributed by atoms with E-state index < -0.39 is 29.7 Å². The van der Waals surface area contributed by atoms with E-state index in [4.69, 9.17) is 10.2 Å². The SMILES string of the molecule is CCn1c(=O)n(CC(=O)c2ccc(F)cc2)c2c(C(N)=O)nc(-c3ccc(C)o3)nc21. The number of aryl methyl sites for hydroxylation is 2. The Labute approximate surface area is 174 Å². The Bertz CT molecular complexity index is 1380. The molecule has 3 heterocycles. The van der Waals surface area contributed by atoms with Crippen LogP contribution in [0.2, 0.25) is 0 Å². The Morgan fingerprint density at radius 1 is 1.10 bits per heavy atom. The van der Waals surface area contributed by atoms with Crippen molar-refractivity contribution in [2.45, 2.75) is 26.9 Å². The molecular formula is C21H18FN5O4. The van der Waals surface area contributed by atoms with Gasteiger partial charge in [0, 0.05) is 12.1 Å². The quantitative estimate of drug-likeness (QED) is 0.474. The zero-order valence-corrected chi connectivity index (χ0v) is 16.8. The predicted molar refractivity (Wildman–Crippen MR) is 109 cm³/mol. The minimum Gasteiger partial charge on any atom is -0.458 e. The molecule has 4 rings (SSSR count). The lowest BCUT2D eigenvalue weighted by atomic mass is 10.1. The van der Waals surface area contributed by atoms with E-state index in [1.807, 2.05) is 0 Å². The molecule has 10 heteroatoms. The lowest BCUT2D eigenvalue weighted by Crippen LogP contribution is -2.27. The first-order chi connectivity index (χ1) is 14.8. The molecule has 31 heavy (non-hydrogen) atoms. The maximum atomic E-state index is 13.2. The van der Waals surface area contributed by atoms with Gasteiger partial charge in [0.2, 0.25) is 0 Å². The highest BCUT2D eigenvalue weighted by molar-refractivity contribution is 6.03. The lowest BCUT2D eigenvalue weighted by molar-refractivity contribution is 0.0966. The van der Waals surface area contributed by atoms with Crippen molar-refractivity contribution in [3.05, 3.63) is 69.7 Å². The number of carbonyl (C=O) groups excluding carboxylic acids is 2. The summed E-state index contributed by atoms with van der Waals surface area (Å²) in [6.45, 7) is 3.32. The summed E-state index contributed by atoms with van der Waals surface area (Å²) in [5.74, 6) is -0.784. The number of fused-ring (bicyclic) bond motifs is 1. The Kier molecular flexibility index (Phi) is 4.97. The zero-order valence-electron chi connectivity index (χ0n) is 16.8. The first-order valence-corrected chi connectivity index (χ1v) is 9.46. The number of amides is 1. The molecule has 0 unspecified atom stereocenters. The van der Waals surface area contributed by atoms with Gasteiger partial charge in [-0.1, -0.05) is 0 Å². The van der Waals surface area contributed by atoms with Crippen LogP contribution >= 0.6 is 0 Å². The number of nitrogens with zero attached hydrogens (tertiary/aromatic N) is 4. The number of carbonyl (C=O) groups is 2. The Balaban J connectivity index is 1.92. The number of imidazole rings is 1. The van der Waals surface area contributed by atoms with E-state index in [0.29, 0.717) is 11.5 Å². The number of aromatic nitrogens is 4. The summed E-state index contributed by atoms with van der Waals surface area (Å²) in [5, 5.41) is 0. The third kappa shape index (κ3) is 3.52. The van der Waals surface area contributed by atoms with Gasteiger partial charge >= 0.3 is 5.69 Å². The fourth-order valence-corrected chi connectivity index (χ4v) is 3.35. The number of ketones is 1.